The van der Waals surface area contributed by atoms with Crippen LogP contribution in [0.4, 0.5) is 0 Å². The molecule has 0 aliphatic rings. The third kappa shape index (κ3) is 3.93. The van der Waals surface area contributed by atoms with Gasteiger partial charge in [-0.25, -0.2) is 0 Å². The predicted octanol–water partition coefficient (Wildman–Crippen LogP) is 3.02. The lowest BCUT2D eigenvalue weighted by Gasteiger charge is -2.41. The average Bonchev–Trinajstić information content (AvgIpc) is 2.38. The van der Waals surface area contributed by atoms with Crippen LogP contribution in [0.1, 0.15) is 53.2 Å². The van der Waals surface area contributed by atoms with Crippen molar-refractivity contribution in [3.63, 3.8) is 0 Å². The van der Waals surface area contributed by atoms with Crippen LogP contribution in [0.15, 0.2) is 18.5 Å². The Kier molecular flexibility index (Phi) is 5.96. The second-order valence-corrected chi connectivity index (χ2v) is 5.85. The van der Waals surface area contributed by atoms with Crippen molar-refractivity contribution in [3.8, 4) is 5.75 Å². The summed E-state index contributed by atoms with van der Waals surface area (Å²) in [5.41, 5.74) is 0.446. The average molecular weight is 280 g/mol. The van der Waals surface area contributed by atoms with E-state index in [2.05, 4.69) is 37.6 Å². The molecule has 0 fully saturated rings. The molecule has 0 radical (unpaired) electrons. The predicted molar refractivity (Wildman–Crippen MR) is 82.0 cm³/mol. The molecule has 1 atom stereocenters. The monoisotopic (exact) mass is 280 g/mol. The second kappa shape index (κ2) is 7.04. The van der Waals surface area contributed by atoms with E-state index in [0.717, 1.165) is 18.7 Å². The summed E-state index contributed by atoms with van der Waals surface area (Å²) < 4.78 is 5.64. The van der Waals surface area contributed by atoms with Gasteiger partial charge in [0.2, 0.25) is 0 Å². The van der Waals surface area contributed by atoms with Crippen molar-refractivity contribution in [3.05, 3.63) is 24.0 Å². The highest BCUT2D eigenvalue weighted by atomic mass is 16.5. The van der Waals surface area contributed by atoms with Gasteiger partial charge in [0.05, 0.1) is 18.4 Å². The molecule has 1 rings (SSSR count). The molecule has 0 spiro atoms. The van der Waals surface area contributed by atoms with E-state index in [-0.39, 0.29) is 11.6 Å². The molecule has 114 valence electrons. The highest BCUT2D eigenvalue weighted by Gasteiger charge is 2.34. The molecule has 0 aliphatic carbocycles. The first-order chi connectivity index (χ1) is 9.32. The summed E-state index contributed by atoms with van der Waals surface area (Å²) in [5, 5.41) is 10.7. The van der Waals surface area contributed by atoms with Crippen LogP contribution in [0.3, 0.4) is 0 Å². The summed E-state index contributed by atoms with van der Waals surface area (Å²) >= 11 is 0. The molecule has 4 nitrogen and oxygen atoms in total. The third-order valence-electron chi connectivity index (χ3n) is 3.67. The lowest BCUT2D eigenvalue weighted by molar-refractivity contribution is -0.00659. The van der Waals surface area contributed by atoms with Gasteiger partial charge in [0.25, 0.3) is 0 Å². The Morgan fingerprint density at radius 1 is 1.25 bits per heavy atom. The third-order valence-corrected chi connectivity index (χ3v) is 3.67. The number of pyridine rings is 1. The fraction of sp³-hybridized carbons (Fsp3) is 0.688. The van der Waals surface area contributed by atoms with E-state index in [4.69, 9.17) is 4.74 Å². The molecule has 1 unspecified atom stereocenters. The lowest BCUT2D eigenvalue weighted by atomic mass is 9.90. The van der Waals surface area contributed by atoms with Gasteiger partial charge in [-0.2, -0.15) is 0 Å². The summed E-state index contributed by atoms with van der Waals surface area (Å²) in [5.74, 6) is 0.701. The Bertz CT molecular complexity index is 415. The Morgan fingerprint density at radius 3 is 2.35 bits per heavy atom. The van der Waals surface area contributed by atoms with Gasteiger partial charge in [0.1, 0.15) is 5.75 Å². The number of rotatable bonds is 7. The quantitative estimate of drug-likeness (QED) is 0.834. The Labute approximate surface area is 122 Å². The van der Waals surface area contributed by atoms with Crippen LogP contribution in [-0.2, 0) is 0 Å². The highest BCUT2D eigenvalue weighted by molar-refractivity contribution is 5.27. The number of aromatic nitrogens is 1. The van der Waals surface area contributed by atoms with Crippen molar-refractivity contribution < 1.29 is 9.84 Å². The smallest absolute Gasteiger partial charge is 0.138 e. The van der Waals surface area contributed by atoms with Gasteiger partial charge >= 0.3 is 0 Å². The molecule has 0 saturated carbocycles. The first-order valence-electron chi connectivity index (χ1n) is 7.37. The number of aliphatic hydroxyl groups is 1. The van der Waals surface area contributed by atoms with E-state index >= 15 is 0 Å². The summed E-state index contributed by atoms with van der Waals surface area (Å²) in [7, 11) is 0. The van der Waals surface area contributed by atoms with Gasteiger partial charge in [-0.3, -0.25) is 9.88 Å². The van der Waals surface area contributed by atoms with Crippen LogP contribution in [0.5, 0.6) is 5.75 Å². The van der Waals surface area contributed by atoms with Gasteiger partial charge in [-0.1, -0.05) is 13.8 Å². The number of aliphatic hydroxyl groups excluding tert-OH is 1. The SMILES string of the molecule is CCN(CC)C(C)(C)C(O)c1cncc(OC(C)C)c1. The van der Waals surface area contributed by atoms with Gasteiger partial charge in [0, 0.05) is 17.3 Å². The minimum Gasteiger partial charge on any atom is -0.489 e. The van der Waals surface area contributed by atoms with E-state index in [0.29, 0.717) is 5.75 Å². The second-order valence-electron chi connectivity index (χ2n) is 5.85. The summed E-state index contributed by atoms with van der Waals surface area (Å²) in [6, 6.07) is 1.88. The van der Waals surface area contributed by atoms with E-state index in [1.54, 1.807) is 12.4 Å². The van der Waals surface area contributed by atoms with E-state index in [9.17, 15) is 5.11 Å². The van der Waals surface area contributed by atoms with Crippen LogP contribution in [0.25, 0.3) is 0 Å². The fourth-order valence-corrected chi connectivity index (χ4v) is 2.54. The van der Waals surface area contributed by atoms with Crippen molar-refractivity contribution in [2.24, 2.45) is 0 Å². The number of likely N-dealkylation sites (N-methyl/N-ethyl adjacent to an activating group) is 1. The van der Waals surface area contributed by atoms with Crippen molar-refractivity contribution in [2.45, 2.75) is 59.3 Å². The Balaban J connectivity index is 2.98. The molecule has 1 aromatic heterocycles. The molecule has 1 heterocycles. The zero-order valence-corrected chi connectivity index (χ0v) is 13.6. The molecule has 20 heavy (non-hydrogen) atoms. The number of hydrogen-bond acceptors (Lipinski definition) is 4. The minimum absolute atomic E-state index is 0.0972. The standard InChI is InChI=1S/C16H28N2O2/c1-7-18(8-2)16(5,6)15(19)13-9-14(11-17-10-13)20-12(3)4/h9-12,15,19H,7-8H2,1-6H3. The molecule has 1 N–H and O–H groups in total. The van der Waals surface area contributed by atoms with Crippen LogP contribution in [-0.4, -0.2) is 39.7 Å². The molecular weight excluding hydrogens is 252 g/mol. The van der Waals surface area contributed by atoms with Crippen molar-refractivity contribution in [1.29, 1.82) is 0 Å². The van der Waals surface area contributed by atoms with E-state index < -0.39 is 6.10 Å². The molecular formula is C16H28N2O2. The summed E-state index contributed by atoms with van der Waals surface area (Å²) in [6.07, 6.45) is 2.88. The maximum atomic E-state index is 10.7. The van der Waals surface area contributed by atoms with Crippen LogP contribution in [0, 0.1) is 0 Å². The molecule has 4 heteroatoms. The highest BCUT2D eigenvalue weighted by Crippen LogP contribution is 2.31. The zero-order chi connectivity index (χ0) is 15.3. The largest absolute Gasteiger partial charge is 0.489 e. The molecule has 1 aromatic rings. The van der Waals surface area contributed by atoms with Gasteiger partial charge in [-0.15, -0.1) is 0 Å². The summed E-state index contributed by atoms with van der Waals surface area (Å²) in [6.45, 7) is 14.1. The van der Waals surface area contributed by atoms with Crippen LogP contribution >= 0.6 is 0 Å². The summed E-state index contributed by atoms with van der Waals surface area (Å²) in [4.78, 5) is 6.42. The lowest BCUT2D eigenvalue weighted by Crippen LogP contribution is -2.48. The maximum absolute atomic E-state index is 10.7. The van der Waals surface area contributed by atoms with E-state index in [1.165, 1.54) is 0 Å². The fourth-order valence-electron chi connectivity index (χ4n) is 2.54. The number of ether oxygens (including phenoxy) is 1. The van der Waals surface area contributed by atoms with Gasteiger partial charge < -0.3 is 9.84 Å². The number of hydrogen-bond donors (Lipinski definition) is 1. The zero-order valence-electron chi connectivity index (χ0n) is 13.6. The van der Waals surface area contributed by atoms with Crippen molar-refractivity contribution >= 4 is 0 Å². The molecule has 0 amide bonds. The van der Waals surface area contributed by atoms with Crippen LogP contribution in [0.2, 0.25) is 0 Å². The van der Waals surface area contributed by atoms with Crippen LogP contribution < -0.4 is 4.74 Å². The molecule has 0 saturated heterocycles. The molecule has 0 aliphatic heterocycles. The normalized spacial score (nSPS) is 13.8. The molecule has 0 aromatic carbocycles. The topological polar surface area (TPSA) is 45.6 Å². The van der Waals surface area contributed by atoms with Crippen molar-refractivity contribution in [1.82, 2.24) is 9.88 Å². The van der Waals surface area contributed by atoms with E-state index in [1.807, 2.05) is 19.9 Å². The van der Waals surface area contributed by atoms with Gasteiger partial charge in [-0.05, 0) is 46.9 Å². The van der Waals surface area contributed by atoms with Gasteiger partial charge in [0.15, 0.2) is 0 Å². The first-order valence-corrected chi connectivity index (χ1v) is 7.37. The minimum atomic E-state index is -0.606. The Morgan fingerprint density at radius 2 is 1.85 bits per heavy atom. The molecule has 0 bridgehead atoms. The number of nitrogens with zero attached hydrogens (tertiary/aromatic N) is 2. The maximum Gasteiger partial charge on any atom is 0.138 e. The van der Waals surface area contributed by atoms with Crippen molar-refractivity contribution in [2.75, 3.05) is 13.1 Å². The first kappa shape index (κ1) is 16.9. The Hall–Kier alpha value is -1.13.